The summed E-state index contributed by atoms with van der Waals surface area (Å²) in [4.78, 5) is 35.5. The highest BCUT2D eigenvalue weighted by Crippen LogP contribution is 2.50. The third kappa shape index (κ3) is 4.99. The number of fused-ring (bicyclic) bond motifs is 2. The second kappa shape index (κ2) is 10.6. The Hall–Kier alpha value is -3.87. The van der Waals surface area contributed by atoms with Gasteiger partial charge in [0.05, 0.1) is 34.1 Å². The molecule has 0 spiro atoms. The number of primary amides is 1. The first-order chi connectivity index (χ1) is 21.4. The number of nitrogens with one attached hydrogen (secondary N) is 1. The van der Waals surface area contributed by atoms with Crippen molar-refractivity contribution in [3.8, 4) is 22.8 Å². The SMILES string of the molecule is COc1cc(C(=O)NC[C@](O)(c2cc3c(c(-c4cc(Cl)c(F)cc4F)n2)OC[C@]3(C)C(N)=O)C2CC2)cc2sc(C3CC3)nc12. The Balaban J connectivity index is 1.27. The number of thiazole rings is 1. The minimum absolute atomic E-state index is 0.0656. The number of pyridine rings is 1. The lowest BCUT2D eigenvalue weighted by Crippen LogP contribution is -2.44. The van der Waals surface area contributed by atoms with Crippen LogP contribution in [0.2, 0.25) is 5.02 Å². The van der Waals surface area contributed by atoms with Crippen molar-refractivity contribution in [3.05, 3.63) is 68.8 Å². The highest BCUT2D eigenvalue weighted by Gasteiger charge is 2.50. The van der Waals surface area contributed by atoms with Gasteiger partial charge >= 0.3 is 0 Å². The van der Waals surface area contributed by atoms with Crippen molar-refractivity contribution in [2.45, 2.75) is 49.5 Å². The van der Waals surface area contributed by atoms with E-state index < -0.39 is 34.5 Å². The van der Waals surface area contributed by atoms with E-state index in [2.05, 4.69) is 10.3 Å². The smallest absolute Gasteiger partial charge is 0.251 e. The molecule has 0 radical (unpaired) electrons. The Labute approximate surface area is 265 Å². The van der Waals surface area contributed by atoms with Crippen LogP contribution in [0.15, 0.2) is 30.3 Å². The predicted molar refractivity (Wildman–Crippen MR) is 164 cm³/mol. The predicted octanol–water partition coefficient (Wildman–Crippen LogP) is 5.34. The van der Waals surface area contributed by atoms with E-state index in [4.69, 9.17) is 31.8 Å². The average molecular weight is 655 g/mol. The summed E-state index contributed by atoms with van der Waals surface area (Å²) in [5.41, 5.74) is 3.92. The van der Waals surface area contributed by atoms with Gasteiger partial charge in [-0.15, -0.1) is 11.3 Å². The summed E-state index contributed by atoms with van der Waals surface area (Å²) in [5, 5.41) is 15.7. The van der Waals surface area contributed by atoms with Crippen LogP contribution in [0, 0.1) is 17.6 Å². The molecule has 234 valence electrons. The number of methoxy groups -OCH3 is 1. The molecule has 9 nitrogen and oxygen atoms in total. The quantitative estimate of drug-likeness (QED) is 0.207. The van der Waals surface area contributed by atoms with Crippen molar-refractivity contribution in [3.63, 3.8) is 0 Å². The molecule has 2 fully saturated rings. The number of carbonyl (C=O) groups is 2. The van der Waals surface area contributed by atoms with Crippen LogP contribution in [0.5, 0.6) is 11.5 Å². The maximum atomic E-state index is 15.2. The van der Waals surface area contributed by atoms with Gasteiger partial charge in [-0.25, -0.2) is 18.7 Å². The van der Waals surface area contributed by atoms with E-state index in [1.165, 1.54) is 24.5 Å². The summed E-state index contributed by atoms with van der Waals surface area (Å²) in [6.07, 6.45) is 3.48. The molecule has 13 heteroatoms. The van der Waals surface area contributed by atoms with Gasteiger partial charge in [0.15, 0.2) is 0 Å². The number of ether oxygens (including phenoxy) is 2. The van der Waals surface area contributed by atoms with Crippen LogP contribution in [0.4, 0.5) is 8.78 Å². The summed E-state index contributed by atoms with van der Waals surface area (Å²) in [7, 11) is 1.52. The van der Waals surface area contributed by atoms with E-state index in [-0.39, 0.29) is 46.8 Å². The molecule has 1 aliphatic heterocycles. The summed E-state index contributed by atoms with van der Waals surface area (Å²) in [5.74, 6) is -2.33. The van der Waals surface area contributed by atoms with Gasteiger partial charge < -0.3 is 25.6 Å². The van der Waals surface area contributed by atoms with Gasteiger partial charge in [-0.2, -0.15) is 0 Å². The molecule has 2 amide bonds. The fourth-order valence-corrected chi connectivity index (χ4v) is 7.18. The standard InChI is InChI=1S/C32H29ClF2N4O5S/c1-31(30(36)41)13-44-27-18(31)10-24(38-25(27)17-9-19(33)21(35)11-20(17)34)32(42,16-5-6-16)12-37-28(40)15-7-22(43-2)26-23(8-15)45-29(39-26)14-3-4-14/h7-11,14,16,42H,3-6,12-13H2,1-2H3,(H2,36,41)(H,37,40)/t31-,32+/m0/s1. The summed E-state index contributed by atoms with van der Waals surface area (Å²) in [6, 6.07) is 6.62. The van der Waals surface area contributed by atoms with Crippen LogP contribution in [-0.2, 0) is 15.8 Å². The largest absolute Gasteiger partial charge is 0.494 e. The van der Waals surface area contributed by atoms with Gasteiger partial charge in [0.1, 0.15) is 52.0 Å². The molecule has 45 heavy (non-hydrogen) atoms. The number of benzene rings is 2. The average Bonchev–Trinajstić information content (AvgIpc) is 3.96. The Morgan fingerprint density at radius 3 is 2.60 bits per heavy atom. The van der Waals surface area contributed by atoms with Gasteiger partial charge in [-0.1, -0.05) is 11.6 Å². The molecule has 2 saturated carbocycles. The lowest BCUT2D eigenvalue weighted by molar-refractivity contribution is -0.123. The van der Waals surface area contributed by atoms with Crippen molar-refractivity contribution in [2.24, 2.45) is 11.7 Å². The maximum absolute atomic E-state index is 15.2. The Kier molecular flexibility index (Phi) is 7.03. The highest BCUT2D eigenvalue weighted by molar-refractivity contribution is 7.18. The molecule has 4 N–H and O–H groups in total. The van der Waals surface area contributed by atoms with Gasteiger partial charge in [-0.3, -0.25) is 9.59 Å². The third-order valence-corrected chi connectivity index (χ3v) is 10.4. The normalized spacial score (nSPS) is 20.4. The number of hydrogen-bond donors (Lipinski definition) is 3. The van der Waals surface area contributed by atoms with Crippen LogP contribution in [0.3, 0.4) is 0 Å². The van der Waals surface area contributed by atoms with Gasteiger partial charge in [0.2, 0.25) is 5.91 Å². The molecule has 4 aromatic rings. The topological polar surface area (TPSA) is 137 Å². The van der Waals surface area contributed by atoms with E-state index in [1.807, 2.05) is 0 Å². The first-order valence-electron chi connectivity index (χ1n) is 14.6. The van der Waals surface area contributed by atoms with Crippen LogP contribution in [0.25, 0.3) is 21.5 Å². The number of rotatable bonds is 9. The summed E-state index contributed by atoms with van der Waals surface area (Å²) in [6.45, 7) is 1.20. The minimum atomic E-state index is -1.71. The molecular weight excluding hydrogens is 626 g/mol. The molecule has 3 heterocycles. The molecule has 7 rings (SSSR count). The number of halogens is 3. The molecular formula is C32H29ClF2N4O5S. The monoisotopic (exact) mass is 654 g/mol. The Morgan fingerprint density at radius 2 is 1.93 bits per heavy atom. The lowest BCUT2D eigenvalue weighted by Gasteiger charge is -2.30. The number of nitrogens with zero attached hydrogens (tertiary/aromatic N) is 2. The number of aliphatic hydroxyl groups is 1. The molecule has 2 aromatic carbocycles. The van der Waals surface area contributed by atoms with Crippen LogP contribution >= 0.6 is 22.9 Å². The molecule has 2 aliphatic carbocycles. The second-order valence-electron chi connectivity index (χ2n) is 12.2. The van der Waals surface area contributed by atoms with E-state index >= 15 is 4.39 Å². The van der Waals surface area contributed by atoms with Crippen LogP contribution in [0.1, 0.15) is 65.1 Å². The molecule has 0 saturated heterocycles. The Bertz CT molecular complexity index is 1910. The molecule has 2 atom stereocenters. The second-order valence-corrected chi connectivity index (χ2v) is 13.7. The first-order valence-corrected chi connectivity index (χ1v) is 15.7. The minimum Gasteiger partial charge on any atom is -0.494 e. The van der Waals surface area contributed by atoms with Crippen molar-refractivity contribution in [2.75, 3.05) is 20.3 Å². The number of carbonyl (C=O) groups excluding carboxylic acids is 2. The fourth-order valence-electron chi connectivity index (χ4n) is 5.83. The first kappa shape index (κ1) is 29.8. The summed E-state index contributed by atoms with van der Waals surface area (Å²) >= 11 is 7.55. The van der Waals surface area contributed by atoms with Gasteiger partial charge in [-0.05, 0) is 62.8 Å². The molecule has 0 unspecified atom stereocenters. The van der Waals surface area contributed by atoms with Crippen LogP contribution in [-0.4, -0.2) is 47.2 Å². The zero-order chi connectivity index (χ0) is 31.8. The Morgan fingerprint density at radius 1 is 1.18 bits per heavy atom. The van der Waals surface area contributed by atoms with Crippen molar-refractivity contribution in [1.29, 1.82) is 0 Å². The highest BCUT2D eigenvalue weighted by atomic mass is 35.5. The third-order valence-electron chi connectivity index (χ3n) is 8.98. The number of hydrogen-bond acceptors (Lipinski definition) is 8. The van der Waals surface area contributed by atoms with E-state index in [1.54, 1.807) is 19.1 Å². The lowest BCUT2D eigenvalue weighted by atomic mass is 9.81. The van der Waals surface area contributed by atoms with Crippen molar-refractivity contribution in [1.82, 2.24) is 15.3 Å². The number of aromatic nitrogens is 2. The zero-order valence-electron chi connectivity index (χ0n) is 24.4. The van der Waals surface area contributed by atoms with E-state index in [0.29, 0.717) is 47.2 Å². The fraction of sp³-hybridized carbons (Fsp3) is 0.375. The number of amides is 2. The summed E-state index contributed by atoms with van der Waals surface area (Å²) < 4.78 is 41.5. The zero-order valence-corrected chi connectivity index (χ0v) is 26.0. The van der Waals surface area contributed by atoms with Crippen molar-refractivity contribution >= 4 is 45.0 Å². The van der Waals surface area contributed by atoms with Crippen molar-refractivity contribution < 1.29 is 33.0 Å². The molecule has 3 aliphatic rings. The van der Waals surface area contributed by atoms with E-state index in [9.17, 15) is 19.1 Å². The van der Waals surface area contributed by atoms with Gasteiger partial charge in [0, 0.05) is 28.7 Å². The van der Waals surface area contributed by atoms with Crippen LogP contribution < -0.4 is 20.5 Å². The molecule has 2 aromatic heterocycles. The number of nitrogens with two attached hydrogens (primary N) is 1. The van der Waals surface area contributed by atoms with Gasteiger partial charge in [0.25, 0.3) is 5.91 Å². The molecule has 0 bridgehead atoms. The maximum Gasteiger partial charge on any atom is 0.251 e. The van der Waals surface area contributed by atoms with E-state index in [0.717, 1.165) is 28.6 Å².